The number of halogens is 4. The summed E-state index contributed by atoms with van der Waals surface area (Å²) in [6, 6.07) is 9.85. The lowest BCUT2D eigenvalue weighted by Gasteiger charge is -2.48. The molecular formula is C27H30BrF3N4O3S. The Kier molecular flexibility index (Phi) is 8.99. The van der Waals surface area contributed by atoms with Crippen molar-refractivity contribution in [3.63, 3.8) is 0 Å². The van der Waals surface area contributed by atoms with Gasteiger partial charge in [-0.2, -0.15) is 13.2 Å². The Morgan fingerprint density at radius 2 is 1.87 bits per heavy atom. The van der Waals surface area contributed by atoms with Crippen LogP contribution >= 0.6 is 27.7 Å². The third-order valence-corrected chi connectivity index (χ3v) is 8.86. The molecular weight excluding hydrogens is 597 g/mol. The van der Waals surface area contributed by atoms with E-state index < -0.39 is 29.2 Å². The molecule has 0 atom stereocenters. The van der Waals surface area contributed by atoms with Crippen LogP contribution in [0.15, 0.2) is 63.3 Å². The summed E-state index contributed by atoms with van der Waals surface area (Å²) in [4.78, 5) is 28.2. The van der Waals surface area contributed by atoms with Crippen LogP contribution in [0.5, 0.6) is 0 Å². The lowest BCUT2D eigenvalue weighted by atomic mass is 9.80. The number of hydrogen-bond donors (Lipinski definition) is 4. The molecule has 39 heavy (non-hydrogen) atoms. The van der Waals surface area contributed by atoms with Gasteiger partial charge in [0.25, 0.3) is 5.91 Å². The van der Waals surface area contributed by atoms with Crippen molar-refractivity contribution in [2.45, 2.75) is 54.4 Å². The van der Waals surface area contributed by atoms with Gasteiger partial charge in [-0.1, -0.05) is 40.3 Å². The van der Waals surface area contributed by atoms with Gasteiger partial charge in [-0.3, -0.25) is 14.5 Å². The van der Waals surface area contributed by atoms with Crippen LogP contribution in [0.4, 0.5) is 18.9 Å². The van der Waals surface area contributed by atoms with Crippen molar-refractivity contribution in [3.8, 4) is 0 Å². The van der Waals surface area contributed by atoms with Crippen LogP contribution in [-0.4, -0.2) is 59.1 Å². The van der Waals surface area contributed by atoms with Crippen LogP contribution in [-0.2, 0) is 11.0 Å². The number of carbonyl (C=O) groups is 2. The third kappa shape index (κ3) is 7.36. The maximum Gasteiger partial charge on any atom is 0.416 e. The minimum absolute atomic E-state index is 0.0752. The van der Waals surface area contributed by atoms with E-state index in [1.165, 1.54) is 17.8 Å². The zero-order valence-electron chi connectivity index (χ0n) is 21.1. The van der Waals surface area contributed by atoms with Crippen LogP contribution in [0, 0.1) is 0 Å². The predicted octanol–water partition coefficient (Wildman–Crippen LogP) is 4.56. The number of benzene rings is 2. The van der Waals surface area contributed by atoms with E-state index in [2.05, 4.69) is 38.0 Å². The van der Waals surface area contributed by atoms with E-state index in [1.807, 2.05) is 18.2 Å². The molecule has 12 heteroatoms. The Morgan fingerprint density at radius 3 is 2.54 bits per heavy atom. The van der Waals surface area contributed by atoms with Crippen molar-refractivity contribution in [1.29, 1.82) is 0 Å². The van der Waals surface area contributed by atoms with Crippen molar-refractivity contribution in [1.82, 2.24) is 15.5 Å². The first kappa shape index (κ1) is 29.4. The molecule has 7 nitrogen and oxygen atoms in total. The molecule has 5 N–H and O–H groups in total. The van der Waals surface area contributed by atoms with E-state index in [-0.39, 0.29) is 24.2 Å². The number of nitrogens with one attached hydrogen (secondary N) is 2. The van der Waals surface area contributed by atoms with Crippen molar-refractivity contribution >= 4 is 45.2 Å². The zero-order valence-corrected chi connectivity index (χ0v) is 23.5. The van der Waals surface area contributed by atoms with Gasteiger partial charge in [0.2, 0.25) is 5.91 Å². The van der Waals surface area contributed by atoms with Crippen LogP contribution in [0.2, 0.25) is 0 Å². The summed E-state index contributed by atoms with van der Waals surface area (Å²) in [6.07, 6.45) is -1.82. The predicted molar refractivity (Wildman–Crippen MR) is 148 cm³/mol. The number of anilines is 1. The van der Waals surface area contributed by atoms with Crippen molar-refractivity contribution in [2.75, 3.05) is 25.4 Å². The van der Waals surface area contributed by atoms with Crippen molar-refractivity contribution < 1.29 is 27.9 Å². The van der Waals surface area contributed by atoms with Crippen LogP contribution < -0.4 is 16.4 Å². The van der Waals surface area contributed by atoms with E-state index >= 15 is 0 Å². The Morgan fingerprint density at radius 1 is 1.18 bits per heavy atom. The zero-order chi connectivity index (χ0) is 28.4. The average molecular weight is 628 g/mol. The van der Waals surface area contributed by atoms with Gasteiger partial charge in [0.15, 0.2) is 0 Å². The van der Waals surface area contributed by atoms with Gasteiger partial charge in [0.05, 0.1) is 23.8 Å². The smallest absolute Gasteiger partial charge is 0.398 e. The fourth-order valence-electron chi connectivity index (χ4n) is 4.83. The van der Waals surface area contributed by atoms with E-state index in [9.17, 15) is 27.9 Å². The molecule has 1 aliphatic heterocycles. The normalized spacial score (nSPS) is 22.1. The SMILES string of the molecule is C=C(Sc1cc(Br)ccc1N)C1(O)CCC(N2CC(NC(=O)CNC(=O)c3cccc(C(F)(F)F)c3)C2)CC1. The van der Waals surface area contributed by atoms with Gasteiger partial charge in [-0.15, -0.1) is 0 Å². The summed E-state index contributed by atoms with van der Waals surface area (Å²) in [5.74, 6) is -1.15. The van der Waals surface area contributed by atoms with E-state index in [4.69, 9.17) is 5.73 Å². The van der Waals surface area contributed by atoms with Crippen molar-refractivity contribution in [2.24, 2.45) is 0 Å². The highest BCUT2D eigenvalue weighted by atomic mass is 79.9. The number of hydrogen-bond acceptors (Lipinski definition) is 6. The largest absolute Gasteiger partial charge is 0.416 e. The standard InChI is InChI=1S/C27H30BrF3N4O3S/c1-16(39-23-12-19(28)5-6-22(23)32)26(38)9-7-21(8-10-26)35-14-20(15-35)34-24(36)13-33-25(37)17-3-2-4-18(11-17)27(29,30)31/h2-6,11-12,20-21,38H,1,7-10,13-15,32H2,(H,33,37)(H,34,36). The maximum absolute atomic E-state index is 12.9. The molecule has 0 spiro atoms. The molecule has 2 amide bonds. The molecule has 2 aromatic carbocycles. The summed E-state index contributed by atoms with van der Waals surface area (Å²) < 4.78 is 39.5. The molecule has 2 aromatic rings. The fraction of sp³-hybridized carbons (Fsp3) is 0.407. The van der Waals surface area contributed by atoms with E-state index in [1.54, 1.807) is 0 Å². The molecule has 1 saturated heterocycles. The topological polar surface area (TPSA) is 108 Å². The van der Waals surface area contributed by atoms with Crippen LogP contribution in [0.25, 0.3) is 0 Å². The van der Waals surface area contributed by atoms with Gasteiger partial charge >= 0.3 is 6.18 Å². The number of alkyl halides is 3. The number of amides is 2. The first-order valence-corrected chi connectivity index (χ1v) is 14.1. The number of nitrogens with zero attached hydrogens (tertiary/aromatic N) is 1. The van der Waals surface area contributed by atoms with Crippen molar-refractivity contribution in [3.05, 3.63) is 69.5 Å². The monoisotopic (exact) mass is 626 g/mol. The second-order valence-corrected chi connectivity index (χ2v) is 12.0. The number of rotatable bonds is 8. The quantitative estimate of drug-likeness (QED) is 0.253. The van der Waals surface area contributed by atoms with Crippen LogP contribution in [0.1, 0.15) is 41.6 Å². The molecule has 1 heterocycles. The van der Waals surface area contributed by atoms with E-state index in [0.29, 0.717) is 36.5 Å². The Bertz CT molecular complexity index is 1250. The molecule has 4 rings (SSSR count). The molecule has 2 aliphatic rings. The second-order valence-electron chi connectivity index (χ2n) is 9.95. The Balaban J connectivity index is 1.17. The minimum atomic E-state index is -4.55. The summed E-state index contributed by atoms with van der Waals surface area (Å²) in [7, 11) is 0. The molecule has 0 aromatic heterocycles. The lowest BCUT2D eigenvalue weighted by molar-refractivity contribution is -0.137. The molecule has 2 fully saturated rings. The highest BCUT2D eigenvalue weighted by Crippen LogP contribution is 2.44. The second kappa shape index (κ2) is 11.9. The molecule has 1 saturated carbocycles. The van der Waals surface area contributed by atoms with Gasteiger partial charge in [-0.25, -0.2) is 0 Å². The summed E-state index contributed by atoms with van der Waals surface area (Å²) in [6.45, 7) is 5.11. The Labute approximate surface area is 237 Å². The number of likely N-dealkylation sites (tertiary alicyclic amines) is 1. The van der Waals surface area contributed by atoms with E-state index in [0.717, 1.165) is 40.4 Å². The number of aliphatic hydroxyl groups is 1. The summed E-state index contributed by atoms with van der Waals surface area (Å²) in [5, 5.41) is 16.4. The number of nitrogen functional groups attached to an aromatic ring is 1. The average Bonchev–Trinajstić information content (AvgIpc) is 2.87. The molecule has 210 valence electrons. The third-order valence-electron chi connectivity index (χ3n) is 7.16. The first-order valence-electron chi connectivity index (χ1n) is 12.5. The molecule has 0 unspecified atom stereocenters. The maximum atomic E-state index is 12.9. The fourth-order valence-corrected chi connectivity index (χ4v) is 6.37. The van der Waals surface area contributed by atoms with Gasteiger partial charge in [0, 0.05) is 44.7 Å². The number of carbonyl (C=O) groups excluding carboxylic acids is 2. The first-order chi connectivity index (χ1) is 18.3. The lowest BCUT2D eigenvalue weighted by Crippen LogP contribution is -2.63. The molecule has 1 aliphatic carbocycles. The van der Waals surface area contributed by atoms with Gasteiger partial charge in [-0.05, 0) is 62.1 Å². The van der Waals surface area contributed by atoms with Gasteiger partial charge in [0.1, 0.15) is 0 Å². The highest BCUT2D eigenvalue weighted by Gasteiger charge is 2.41. The van der Waals surface area contributed by atoms with Crippen LogP contribution in [0.3, 0.4) is 0 Å². The number of nitrogens with two attached hydrogens (primary N) is 1. The summed E-state index contributed by atoms with van der Waals surface area (Å²) in [5.41, 5.74) is 4.63. The molecule has 0 radical (unpaired) electrons. The van der Waals surface area contributed by atoms with Gasteiger partial charge < -0.3 is 21.5 Å². The minimum Gasteiger partial charge on any atom is -0.398 e. The Hall–Kier alpha value is -2.54. The highest BCUT2D eigenvalue weighted by molar-refractivity contribution is 9.10. The number of thioether (sulfide) groups is 1. The molecule has 0 bridgehead atoms. The summed E-state index contributed by atoms with van der Waals surface area (Å²) >= 11 is 4.83.